The van der Waals surface area contributed by atoms with Gasteiger partial charge in [-0.05, 0) is 37.1 Å². The van der Waals surface area contributed by atoms with Crippen LogP contribution in [0.2, 0.25) is 5.02 Å². The smallest absolute Gasteiger partial charge is 0.196 e. The number of rotatable bonds is 2. The van der Waals surface area contributed by atoms with Gasteiger partial charge in [-0.15, -0.1) is 0 Å². The van der Waals surface area contributed by atoms with Gasteiger partial charge < -0.3 is 0 Å². The maximum absolute atomic E-state index is 12.3. The second kappa shape index (κ2) is 4.68. The van der Waals surface area contributed by atoms with Crippen molar-refractivity contribution in [1.82, 2.24) is 4.98 Å². The number of aryl methyl sites for hydroxylation is 2. The number of aromatic nitrogens is 1. The molecule has 0 aliphatic carbocycles. The van der Waals surface area contributed by atoms with Crippen LogP contribution in [0.3, 0.4) is 0 Å². The van der Waals surface area contributed by atoms with Gasteiger partial charge in [0, 0.05) is 23.5 Å². The lowest BCUT2D eigenvalue weighted by atomic mass is 10.00. The summed E-state index contributed by atoms with van der Waals surface area (Å²) >= 11 is 6.15. The molecule has 17 heavy (non-hydrogen) atoms. The number of pyridine rings is 1. The fraction of sp³-hybridized carbons (Fsp3) is 0.143. The van der Waals surface area contributed by atoms with E-state index in [1.54, 1.807) is 18.5 Å². The van der Waals surface area contributed by atoms with E-state index in [2.05, 4.69) is 4.98 Å². The van der Waals surface area contributed by atoms with E-state index in [0.717, 1.165) is 11.1 Å². The molecule has 2 rings (SSSR count). The van der Waals surface area contributed by atoms with Crippen LogP contribution in [0.4, 0.5) is 0 Å². The van der Waals surface area contributed by atoms with Crippen LogP contribution in [0, 0.1) is 13.8 Å². The molecule has 0 atom stereocenters. The molecule has 0 aliphatic rings. The topological polar surface area (TPSA) is 30.0 Å². The number of benzene rings is 1. The quantitative estimate of drug-likeness (QED) is 0.757. The predicted octanol–water partition coefficient (Wildman–Crippen LogP) is 3.58. The van der Waals surface area contributed by atoms with Gasteiger partial charge in [0.25, 0.3) is 0 Å². The number of halogens is 1. The van der Waals surface area contributed by atoms with E-state index in [1.165, 1.54) is 0 Å². The van der Waals surface area contributed by atoms with Crippen molar-refractivity contribution in [1.29, 1.82) is 0 Å². The van der Waals surface area contributed by atoms with Crippen LogP contribution in [0.15, 0.2) is 36.7 Å². The molecule has 0 saturated carbocycles. The molecule has 1 aromatic heterocycles. The third kappa shape index (κ3) is 2.22. The second-order valence-electron chi connectivity index (χ2n) is 3.96. The molecule has 1 heterocycles. The van der Waals surface area contributed by atoms with Crippen LogP contribution in [-0.2, 0) is 0 Å². The summed E-state index contributed by atoms with van der Waals surface area (Å²) in [5, 5.41) is 0.515. The third-order valence-corrected chi connectivity index (χ3v) is 3.22. The molecule has 3 heteroatoms. The molecule has 0 aliphatic heterocycles. The van der Waals surface area contributed by atoms with Crippen molar-refractivity contribution in [3.05, 3.63) is 63.9 Å². The maximum atomic E-state index is 12.3. The predicted molar refractivity (Wildman–Crippen MR) is 68.6 cm³/mol. The SMILES string of the molecule is Cc1ccncc1C(=O)c1cccc(C)c1Cl. The van der Waals surface area contributed by atoms with E-state index >= 15 is 0 Å². The Labute approximate surface area is 105 Å². The van der Waals surface area contributed by atoms with E-state index in [0.29, 0.717) is 16.1 Å². The summed E-state index contributed by atoms with van der Waals surface area (Å²) < 4.78 is 0. The lowest BCUT2D eigenvalue weighted by Gasteiger charge is -2.07. The van der Waals surface area contributed by atoms with Gasteiger partial charge in [0.05, 0.1) is 5.02 Å². The highest BCUT2D eigenvalue weighted by Gasteiger charge is 2.15. The van der Waals surface area contributed by atoms with Crippen LogP contribution in [-0.4, -0.2) is 10.8 Å². The zero-order valence-electron chi connectivity index (χ0n) is 9.70. The number of hydrogen-bond acceptors (Lipinski definition) is 2. The van der Waals surface area contributed by atoms with Gasteiger partial charge in [-0.25, -0.2) is 0 Å². The largest absolute Gasteiger partial charge is 0.288 e. The highest BCUT2D eigenvalue weighted by molar-refractivity contribution is 6.35. The fourth-order valence-electron chi connectivity index (χ4n) is 1.67. The fourth-order valence-corrected chi connectivity index (χ4v) is 1.88. The van der Waals surface area contributed by atoms with Gasteiger partial charge in [0.1, 0.15) is 0 Å². The first-order valence-corrected chi connectivity index (χ1v) is 5.69. The van der Waals surface area contributed by atoms with Crippen molar-refractivity contribution in [2.45, 2.75) is 13.8 Å². The number of carbonyl (C=O) groups is 1. The van der Waals surface area contributed by atoms with Crippen molar-refractivity contribution < 1.29 is 4.79 Å². The molecule has 2 aromatic rings. The molecule has 0 unspecified atom stereocenters. The summed E-state index contributed by atoms with van der Waals surface area (Å²) in [5.74, 6) is -0.0794. The monoisotopic (exact) mass is 245 g/mol. The van der Waals surface area contributed by atoms with Gasteiger partial charge in [-0.2, -0.15) is 0 Å². The summed E-state index contributed by atoms with van der Waals surface area (Å²) in [6.07, 6.45) is 3.25. The number of ketones is 1. The number of hydrogen-bond donors (Lipinski definition) is 0. The van der Waals surface area contributed by atoms with Gasteiger partial charge in [0.15, 0.2) is 5.78 Å². The third-order valence-electron chi connectivity index (χ3n) is 2.72. The Balaban J connectivity index is 2.52. The Hall–Kier alpha value is -1.67. The average Bonchev–Trinajstić information content (AvgIpc) is 2.32. The minimum Gasteiger partial charge on any atom is -0.288 e. The van der Waals surface area contributed by atoms with Crippen LogP contribution >= 0.6 is 11.6 Å². The molecule has 0 saturated heterocycles. The van der Waals surface area contributed by atoms with Crippen molar-refractivity contribution in [2.24, 2.45) is 0 Å². The minimum absolute atomic E-state index is 0.0794. The first kappa shape index (κ1) is 11.8. The van der Waals surface area contributed by atoms with Crippen LogP contribution < -0.4 is 0 Å². The van der Waals surface area contributed by atoms with Crippen LogP contribution in [0.5, 0.6) is 0 Å². The summed E-state index contributed by atoms with van der Waals surface area (Å²) in [7, 11) is 0. The van der Waals surface area contributed by atoms with Crippen molar-refractivity contribution in [3.63, 3.8) is 0 Å². The molecule has 2 nitrogen and oxygen atoms in total. The summed E-state index contributed by atoms with van der Waals surface area (Å²) in [6.45, 7) is 3.77. The lowest BCUT2D eigenvalue weighted by Crippen LogP contribution is -2.05. The first-order chi connectivity index (χ1) is 8.11. The maximum Gasteiger partial charge on any atom is 0.196 e. The molecule has 86 valence electrons. The Bertz CT molecular complexity index is 578. The number of carbonyl (C=O) groups excluding carboxylic acids is 1. The Morgan fingerprint density at radius 1 is 1.12 bits per heavy atom. The molecule has 0 spiro atoms. The zero-order chi connectivity index (χ0) is 12.4. The molecule has 1 aromatic carbocycles. The molecule has 0 bridgehead atoms. The normalized spacial score (nSPS) is 10.3. The van der Waals surface area contributed by atoms with Crippen molar-refractivity contribution in [3.8, 4) is 0 Å². The van der Waals surface area contributed by atoms with E-state index < -0.39 is 0 Å². The summed E-state index contributed by atoms with van der Waals surface area (Å²) in [6, 6.07) is 7.27. The van der Waals surface area contributed by atoms with Crippen LogP contribution in [0.1, 0.15) is 27.0 Å². The lowest BCUT2D eigenvalue weighted by molar-refractivity contribution is 0.103. The first-order valence-electron chi connectivity index (χ1n) is 5.31. The van der Waals surface area contributed by atoms with Gasteiger partial charge in [-0.3, -0.25) is 9.78 Å². The Morgan fingerprint density at radius 3 is 2.59 bits per heavy atom. The van der Waals surface area contributed by atoms with Gasteiger partial charge in [-0.1, -0.05) is 23.7 Å². The van der Waals surface area contributed by atoms with Crippen LogP contribution in [0.25, 0.3) is 0 Å². The van der Waals surface area contributed by atoms with Gasteiger partial charge in [0.2, 0.25) is 0 Å². The molecule has 0 fully saturated rings. The van der Waals surface area contributed by atoms with E-state index in [-0.39, 0.29) is 5.78 Å². The molecular weight excluding hydrogens is 234 g/mol. The number of nitrogens with zero attached hydrogens (tertiary/aromatic N) is 1. The summed E-state index contributed by atoms with van der Waals surface area (Å²) in [4.78, 5) is 16.3. The van der Waals surface area contributed by atoms with Crippen molar-refractivity contribution in [2.75, 3.05) is 0 Å². The Morgan fingerprint density at radius 2 is 1.88 bits per heavy atom. The highest BCUT2D eigenvalue weighted by Crippen LogP contribution is 2.23. The molecular formula is C14H12ClNO. The molecule has 0 radical (unpaired) electrons. The highest BCUT2D eigenvalue weighted by atomic mass is 35.5. The van der Waals surface area contributed by atoms with E-state index in [4.69, 9.17) is 11.6 Å². The zero-order valence-corrected chi connectivity index (χ0v) is 10.5. The van der Waals surface area contributed by atoms with E-state index in [9.17, 15) is 4.79 Å². The summed E-state index contributed by atoms with van der Waals surface area (Å²) in [5.41, 5.74) is 2.93. The standard InChI is InChI=1S/C14H12ClNO/c1-9-6-7-16-8-12(9)14(17)11-5-3-4-10(2)13(11)15/h3-8H,1-2H3. The Kier molecular flexibility index (Phi) is 3.25. The average molecular weight is 246 g/mol. The van der Waals surface area contributed by atoms with E-state index in [1.807, 2.05) is 32.0 Å². The molecule has 0 amide bonds. The minimum atomic E-state index is -0.0794. The molecule has 0 N–H and O–H groups in total. The van der Waals surface area contributed by atoms with Gasteiger partial charge >= 0.3 is 0 Å². The van der Waals surface area contributed by atoms with Crippen molar-refractivity contribution >= 4 is 17.4 Å². The second-order valence-corrected chi connectivity index (χ2v) is 4.33.